The van der Waals surface area contributed by atoms with Crippen molar-refractivity contribution in [2.45, 2.75) is 774 Å². The van der Waals surface area contributed by atoms with Crippen LogP contribution < -0.4 is 73.4 Å². The molecule has 0 amide bonds. The van der Waals surface area contributed by atoms with E-state index in [4.69, 9.17) is 0 Å². The van der Waals surface area contributed by atoms with Gasteiger partial charge in [0, 0.05) is 17.1 Å². The van der Waals surface area contributed by atoms with Crippen LogP contribution in [0.1, 0.15) is 774 Å². The fourth-order valence-electron chi connectivity index (χ4n) is 0. The van der Waals surface area contributed by atoms with Gasteiger partial charge in [0.05, 0.1) is 0 Å². The van der Waals surface area contributed by atoms with E-state index in [0.717, 1.165) is 0 Å². The second-order valence-electron chi connectivity index (χ2n) is 0.707. The Labute approximate surface area is 914 Å². The SMILES string of the molecule is C.C.C.C.C.C.C.C.C.C.C.C.CC.CC.CC.CC.CC.CC.CC.CC.CC.CC.CC.CC.CC.CC.CC.CC.CC.CC.CC.CC.CC.CC.CC.CC.CC.CC.CC.CC.CC.CC.CC.CC.CC.CC.CC.CC.CC.CC.CC.CC.CC.CC.CC.CC.CC.CC.CC.CC.CCC.CN.CS.N.N.N.N.N.N.N.N.N.N.N.O.O.O.S.[Cu]. The molecule has 0 rings (SSSR count). The van der Waals surface area contributed by atoms with E-state index in [0.29, 0.717) is 0 Å². The molecule has 0 aromatic heterocycles. The topological polar surface area (TPSA) is 506 Å². The predicted octanol–water partition coefficient (Wildman–Crippen LogP) is 57.8. The molecule has 0 aliphatic carbocycles. The smallest absolute Gasteiger partial charge is 0 e. The van der Waals surface area contributed by atoms with Gasteiger partial charge in [0.1, 0.15) is 0 Å². The van der Waals surface area contributed by atoms with Crippen molar-refractivity contribution in [1.29, 1.82) is 0 Å². The first-order chi connectivity index (χ1) is 51.4. The Morgan fingerprint density at radius 2 is 0.107 bits per heavy atom. The van der Waals surface area contributed by atoms with Crippen molar-refractivity contribution in [3.05, 3.63) is 0 Å². The molecule has 0 saturated heterocycles. The third kappa shape index (κ3) is 5630000. The van der Waals surface area contributed by atoms with Crippen molar-refractivity contribution in [3.63, 3.8) is 0 Å². The summed E-state index contributed by atoms with van der Waals surface area (Å²) in [7, 11) is 1.50. The van der Waals surface area contributed by atoms with Crippen LogP contribution in [0.25, 0.3) is 0 Å². The Morgan fingerprint density at radius 1 is 0.107 bits per heavy atom. The summed E-state index contributed by atoms with van der Waals surface area (Å²) in [5.74, 6) is 0. The van der Waals surface area contributed by atoms with Crippen molar-refractivity contribution in [3.8, 4) is 0 Å². The number of nitrogens with two attached hydrogens (primary N) is 1. The maximum absolute atomic E-state index is 4.50. The Hall–Kier alpha value is 0.619. The third-order valence-corrected chi connectivity index (χ3v) is 0. The maximum Gasteiger partial charge on any atom is 0 e. The van der Waals surface area contributed by atoms with Crippen molar-refractivity contribution in [1.82, 2.24) is 67.7 Å². The molecule has 0 heterocycles. The van der Waals surface area contributed by atoms with Gasteiger partial charge in [-0.1, -0.05) is 774 Å². The predicted molar refractivity (Wildman–Crippen MR) is 743 cm³/mol. The van der Waals surface area contributed by atoms with E-state index >= 15 is 0 Å². The van der Waals surface area contributed by atoms with Gasteiger partial charge in [-0.15, -0.1) is 0 Å². The average molecular weight is 2100 g/mol. The summed E-state index contributed by atoms with van der Waals surface area (Å²) in [6.07, 6.45) is 2.94. The zero-order valence-corrected chi connectivity index (χ0v) is 115. The van der Waals surface area contributed by atoms with E-state index in [2.05, 4.69) is 32.2 Å². The van der Waals surface area contributed by atoms with Crippen LogP contribution in [0.2, 0.25) is 0 Å². The van der Waals surface area contributed by atoms with E-state index in [1.165, 1.54) is 13.5 Å². The first-order valence-corrected chi connectivity index (χ1v) is 51.3. The first kappa shape index (κ1) is 811. The average Bonchev–Trinajstić information content (AvgIpc) is 3.88. The summed E-state index contributed by atoms with van der Waals surface area (Å²) in [5.41, 5.74) is 4.50. The zero-order chi connectivity index (χ0) is 103. The molecule has 0 aliphatic heterocycles. The molecule has 0 bridgehead atoms. The van der Waals surface area contributed by atoms with Crippen LogP contribution in [0.4, 0.5) is 0 Å². The second-order valence-corrected chi connectivity index (χ2v) is 0.707. The van der Waals surface area contributed by atoms with Crippen molar-refractivity contribution >= 4 is 26.1 Å². The number of hydrogen-bond acceptors (Lipinski definition) is 13. The summed E-state index contributed by atoms with van der Waals surface area (Å²) < 4.78 is 0. The van der Waals surface area contributed by atoms with Gasteiger partial charge in [0.15, 0.2) is 0 Å². The maximum atomic E-state index is 4.50. The van der Waals surface area contributed by atoms with Gasteiger partial charge in [0.2, 0.25) is 0 Å². The molecule has 15 nitrogen and oxygen atoms in total. The van der Waals surface area contributed by atoms with Crippen molar-refractivity contribution in [2.75, 3.05) is 13.3 Å². The van der Waals surface area contributed by atoms with E-state index in [1.807, 2.05) is 665 Å². The van der Waals surface area contributed by atoms with Gasteiger partial charge in [0.25, 0.3) is 0 Å². The summed E-state index contributed by atoms with van der Waals surface area (Å²) in [5, 5.41) is 0. The Morgan fingerprint density at radius 3 is 0.107 bits per heavy atom. The van der Waals surface area contributed by atoms with Crippen LogP contribution in [0.15, 0.2) is 0 Å². The fraction of sp³-hybridized carbons (Fsp3) is 1.00. The molecule has 0 spiro atoms. The monoisotopic (exact) mass is 2100 g/mol. The normalized spacial score (nSPS) is 2.43. The second kappa shape index (κ2) is 837000. The molecule has 18 heteroatoms. The van der Waals surface area contributed by atoms with E-state index < -0.39 is 0 Å². The molecule has 0 fully saturated rings. The summed E-state index contributed by atoms with van der Waals surface area (Å²) in [6, 6.07) is 0. The first-order valence-electron chi connectivity index (χ1n) is 50.4. The number of thiol groups is 1. The Bertz CT molecular complexity index is 101. The van der Waals surface area contributed by atoms with Gasteiger partial charge in [-0.25, -0.2) is 0 Å². The van der Waals surface area contributed by atoms with Gasteiger partial charge < -0.3 is 89.8 Å². The van der Waals surface area contributed by atoms with Crippen LogP contribution in [-0.4, -0.2) is 29.7 Å². The van der Waals surface area contributed by atoms with Crippen LogP contribution in [-0.2, 0) is 17.1 Å². The van der Waals surface area contributed by atoms with E-state index in [-0.39, 0.29) is 204 Å². The molecule has 0 aliphatic rings. The van der Waals surface area contributed by atoms with E-state index in [9.17, 15) is 0 Å². The van der Waals surface area contributed by atoms with Crippen LogP contribution in [0.5, 0.6) is 0 Å². The van der Waals surface area contributed by atoms with Gasteiger partial charge in [-0.05, 0) is 13.3 Å². The quantitative estimate of drug-likeness (QED) is 0.0795. The van der Waals surface area contributed by atoms with Gasteiger partial charge in [-0.3, -0.25) is 0 Å². The molecule has 947 valence electrons. The minimum Gasteiger partial charge on any atom is -0.412 e. The molecular formula is C113H394CuN12O3S2. The fourth-order valence-corrected chi connectivity index (χ4v) is 0. The van der Waals surface area contributed by atoms with Crippen LogP contribution >= 0.6 is 26.1 Å². The summed E-state index contributed by atoms with van der Waals surface area (Å²) in [4.78, 5) is 0. The minimum absolute atomic E-state index is 0. The number of rotatable bonds is 0. The molecule has 0 saturated carbocycles. The molecule has 0 atom stereocenters. The standard InChI is InChI=1S/C3H8.48C2H6.CH5N.CH4S.12CH4.Cu.11H3N.3H2O.H2S/c1-3-2;50*1-2;;;;;;;;;;;;;;;;;;;;;;;;;;;;/h3H2,1-2H3;48*1-2H3;2H2,1H3;2H,1H3;12*1H4;;11*1H3;4*1H2. The van der Waals surface area contributed by atoms with Crippen LogP contribution in [0.3, 0.4) is 0 Å². The van der Waals surface area contributed by atoms with Gasteiger partial charge in [-0.2, -0.15) is 26.1 Å². The molecule has 41 N–H and O–H groups in total. The van der Waals surface area contributed by atoms with Crippen LogP contribution in [0, 0.1) is 0 Å². The van der Waals surface area contributed by atoms with Crippen molar-refractivity contribution < 1.29 is 33.5 Å². The zero-order valence-electron chi connectivity index (χ0n) is 112. The molecule has 1 radical (unpaired) electrons. The largest absolute Gasteiger partial charge is 0.412 e. The Balaban J connectivity index is -0.00000000272. The molecule has 0 aromatic rings. The summed E-state index contributed by atoms with van der Waals surface area (Å²) >= 11 is 3.53. The molecule has 131 heavy (non-hydrogen) atoms. The van der Waals surface area contributed by atoms with E-state index in [1.54, 1.807) is 6.26 Å². The Kier molecular flexibility index (Phi) is 5180000. The van der Waals surface area contributed by atoms with Crippen molar-refractivity contribution in [2.24, 2.45) is 5.73 Å². The number of hydrogen-bond donors (Lipinski definition) is 13. The molecule has 0 unspecified atom stereocenters. The van der Waals surface area contributed by atoms with Gasteiger partial charge >= 0.3 is 0 Å². The summed E-state index contributed by atoms with van der Waals surface area (Å²) in [6.45, 7) is 196. The minimum atomic E-state index is 0. The third-order valence-electron chi connectivity index (χ3n) is 0. The molecular weight excluding hydrogens is 1700 g/mol. The molecule has 0 aromatic carbocycles.